The highest BCUT2D eigenvalue weighted by molar-refractivity contribution is 6.42. The predicted molar refractivity (Wildman–Crippen MR) is 160 cm³/mol. The molecule has 2 aliphatic heterocycles. The number of aryl methyl sites for hydroxylation is 1. The van der Waals surface area contributed by atoms with Crippen LogP contribution in [0.15, 0.2) is 60.7 Å². The lowest BCUT2D eigenvalue weighted by molar-refractivity contribution is -0.132. The molecular formula is C32H34Cl2FN3O3. The van der Waals surface area contributed by atoms with Crippen LogP contribution >= 0.6 is 23.2 Å². The molecule has 2 aliphatic rings. The molecular weight excluding hydrogens is 564 g/mol. The molecule has 1 atom stereocenters. The van der Waals surface area contributed by atoms with Crippen molar-refractivity contribution in [3.63, 3.8) is 0 Å². The minimum absolute atomic E-state index is 0.00564. The van der Waals surface area contributed by atoms with Gasteiger partial charge in [0.1, 0.15) is 11.4 Å². The number of nitrogens with zero attached hydrogens (tertiary/aromatic N) is 3. The summed E-state index contributed by atoms with van der Waals surface area (Å²) in [7, 11) is 3.46. The molecule has 41 heavy (non-hydrogen) atoms. The molecule has 0 bridgehead atoms. The van der Waals surface area contributed by atoms with E-state index in [1.807, 2.05) is 44.3 Å². The van der Waals surface area contributed by atoms with Gasteiger partial charge in [0, 0.05) is 52.1 Å². The first-order chi connectivity index (χ1) is 19.6. The van der Waals surface area contributed by atoms with Gasteiger partial charge in [-0.25, -0.2) is 9.18 Å². The summed E-state index contributed by atoms with van der Waals surface area (Å²) in [6, 6.07) is 18.0. The molecule has 9 heteroatoms. The third-order valence-electron chi connectivity index (χ3n) is 8.33. The van der Waals surface area contributed by atoms with Gasteiger partial charge in [-0.05, 0) is 61.3 Å². The maximum Gasteiger partial charge on any atom is 0.414 e. The molecule has 0 saturated carbocycles. The second-order valence-electron chi connectivity index (χ2n) is 11.1. The Hall–Kier alpha value is -3.13. The number of piperidine rings is 1. The van der Waals surface area contributed by atoms with Gasteiger partial charge in [-0.2, -0.15) is 0 Å². The van der Waals surface area contributed by atoms with Gasteiger partial charge in [0.05, 0.1) is 21.7 Å². The first kappa shape index (κ1) is 29.4. The standard InChI is InChI=1S/C32H34Cl2FN3O3/c1-21-4-6-22(7-5-21)20-36(2)30(39)25(23-8-10-27(33)28(34)18-23)12-15-38-16-13-32(14-17-38)26-19-24(35)9-11-29(26)37(3)31(40)41-32/h4-11,18-19,25H,12-17,20H2,1-3H3. The zero-order chi connectivity index (χ0) is 29.3. The van der Waals surface area contributed by atoms with Crippen LogP contribution in [0.5, 0.6) is 0 Å². The summed E-state index contributed by atoms with van der Waals surface area (Å²) in [5.74, 6) is -0.757. The third kappa shape index (κ3) is 6.22. The van der Waals surface area contributed by atoms with Gasteiger partial charge < -0.3 is 14.5 Å². The number of rotatable bonds is 7. The smallest absolute Gasteiger partial charge is 0.414 e. The topological polar surface area (TPSA) is 53.1 Å². The molecule has 1 fully saturated rings. The van der Waals surface area contributed by atoms with Crippen molar-refractivity contribution in [2.75, 3.05) is 38.6 Å². The lowest BCUT2D eigenvalue weighted by Crippen LogP contribution is -2.51. The fourth-order valence-electron chi connectivity index (χ4n) is 5.85. The van der Waals surface area contributed by atoms with Crippen LogP contribution in [0.4, 0.5) is 14.9 Å². The monoisotopic (exact) mass is 597 g/mol. The van der Waals surface area contributed by atoms with Gasteiger partial charge in [0.2, 0.25) is 5.91 Å². The summed E-state index contributed by atoms with van der Waals surface area (Å²) >= 11 is 12.5. The third-order valence-corrected chi connectivity index (χ3v) is 9.06. The van der Waals surface area contributed by atoms with E-state index in [1.54, 1.807) is 30.1 Å². The van der Waals surface area contributed by atoms with Gasteiger partial charge in [0.15, 0.2) is 0 Å². The Morgan fingerprint density at radius 3 is 2.44 bits per heavy atom. The number of likely N-dealkylation sites (N-methyl/N-ethyl adjacent to an activating group) is 1. The summed E-state index contributed by atoms with van der Waals surface area (Å²) in [5, 5.41) is 0.860. The van der Waals surface area contributed by atoms with Crippen molar-refractivity contribution >= 4 is 40.9 Å². The number of amides is 2. The normalized spacial score (nSPS) is 17.2. The minimum Gasteiger partial charge on any atom is -0.437 e. The van der Waals surface area contributed by atoms with Crippen molar-refractivity contribution in [1.82, 2.24) is 9.80 Å². The van der Waals surface area contributed by atoms with E-state index in [-0.39, 0.29) is 11.7 Å². The molecule has 2 heterocycles. The number of halogens is 3. The number of likely N-dealkylation sites (tertiary alicyclic amines) is 1. The summed E-state index contributed by atoms with van der Waals surface area (Å²) in [4.78, 5) is 31.9. The highest BCUT2D eigenvalue weighted by Gasteiger charge is 2.46. The van der Waals surface area contributed by atoms with Crippen LogP contribution in [-0.2, 0) is 21.7 Å². The summed E-state index contributed by atoms with van der Waals surface area (Å²) < 4.78 is 20.1. The van der Waals surface area contributed by atoms with E-state index in [0.29, 0.717) is 66.7 Å². The Labute approximate surface area is 250 Å². The van der Waals surface area contributed by atoms with Crippen molar-refractivity contribution in [2.24, 2.45) is 0 Å². The van der Waals surface area contributed by atoms with Crippen LogP contribution in [0.2, 0.25) is 10.0 Å². The Morgan fingerprint density at radius 1 is 1.05 bits per heavy atom. The van der Waals surface area contributed by atoms with Gasteiger partial charge in [0.25, 0.3) is 0 Å². The number of hydrogen-bond donors (Lipinski definition) is 0. The van der Waals surface area contributed by atoms with Crippen molar-refractivity contribution in [1.29, 1.82) is 0 Å². The highest BCUT2D eigenvalue weighted by atomic mass is 35.5. The largest absolute Gasteiger partial charge is 0.437 e. The molecule has 0 aliphatic carbocycles. The molecule has 1 spiro atoms. The Balaban J connectivity index is 1.30. The molecule has 6 nitrogen and oxygen atoms in total. The Bertz CT molecular complexity index is 1440. The number of ether oxygens (including phenoxy) is 1. The summed E-state index contributed by atoms with van der Waals surface area (Å²) in [6.07, 6.45) is 1.23. The quantitative estimate of drug-likeness (QED) is 0.290. The van der Waals surface area contributed by atoms with Gasteiger partial charge in [-0.3, -0.25) is 9.69 Å². The van der Waals surface area contributed by atoms with E-state index < -0.39 is 17.6 Å². The van der Waals surface area contributed by atoms with Gasteiger partial charge in [-0.15, -0.1) is 0 Å². The lowest BCUT2D eigenvalue weighted by Gasteiger charge is -2.46. The fraction of sp³-hybridized carbons (Fsp3) is 0.375. The van der Waals surface area contributed by atoms with Crippen molar-refractivity contribution in [3.05, 3.63) is 98.8 Å². The van der Waals surface area contributed by atoms with Gasteiger partial charge in [-0.1, -0.05) is 59.1 Å². The van der Waals surface area contributed by atoms with Crippen LogP contribution in [0.3, 0.4) is 0 Å². The minimum atomic E-state index is -0.856. The highest BCUT2D eigenvalue weighted by Crippen LogP contribution is 2.45. The van der Waals surface area contributed by atoms with Crippen LogP contribution in [0, 0.1) is 12.7 Å². The van der Waals surface area contributed by atoms with E-state index in [4.69, 9.17) is 27.9 Å². The summed E-state index contributed by atoms with van der Waals surface area (Å²) in [5.41, 5.74) is 3.58. The molecule has 216 valence electrons. The van der Waals surface area contributed by atoms with Gasteiger partial charge >= 0.3 is 6.09 Å². The first-order valence-corrected chi connectivity index (χ1v) is 14.6. The Morgan fingerprint density at radius 2 is 1.76 bits per heavy atom. The Kier molecular flexibility index (Phi) is 8.60. The van der Waals surface area contributed by atoms with E-state index in [1.165, 1.54) is 22.6 Å². The van der Waals surface area contributed by atoms with Crippen LogP contribution in [-0.4, -0.2) is 55.5 Å². The molecule has 3 aromatic rings. The second kappa shape index (κ2) is 12.0. The number of carbonyl (C=O) groups excluding carboxylic acids is 2. The maximum atomic E-state index is 14.2. The molecule has 1 saturated heterocycles. The lowest BCUT2D eigenvalue weighted by atomic mass is 9.81. The maximum absolute atomic E-state index is 14.2. The molecule has 0 N–H and O–H groups in total. The van der Waals surface area contributed by atoms with E-state index in [9.17, 15) is 14.0 Å². The SMILES string of the molecule is Cc1ccc(CN(C)C(=O)C(CCN2CCC3(CC2)OC(=O)N(C)c2ccc(F)cc23)c2ccc(Cl)c(Cl)c2)cc1. The molecule has 2 amide bonds. The molecule has 3 aromatic carbocycles. The van der Waals surface area contributed by atoms with Crippen molar-refractivity contribution < 1.29 is 18.7 Å². The average Bonchev–Trinajstić information content (AvgIpc) is 2.96. The zero-order valence-electron chi connectivity index (χ0n) is 23.5. The molecule has 0 aromatic heterocycles. The predicted octanol–water partition coefficient (Wildman–Crippen LogP) is 7.15. The fourth-order valence-corrected chi connectivity index (χ4v) is 6.16. The number of fused-ring (bicyclic) bond motifs is 2. The molecule has 0 radical (unpaired) electrons. The van der Waals surface area contributed by atoms with E-state index in [2.05, 4.69) is 4.90 Å². The zero-order valence-corrected chi connectivity index (χ0v) is 25.0. The first-order valence-electron chi connectivity index (χ1n) is 13.8. The van der Waals surface area contributed by atoms with Crippen LogP contribution in [0.25, 0.3) is 0 Å². The van der Waals surface area contributed by atoms with E-state index >= 15 is 0 Å². The van der Waals surface area contributed by atoms with Crippen molar-refractivity contribution in [3.8, 4) is 0 Å². The molecule has 1 unspecified atom stereocenters. The second-order valence-corrected chi connectivity index (χ2v) is 11.9. The number of benzene rings is 3. The number of carbonyl (C=O) groups is 2. The average molecular weight is 599 g/mol. The van der Waals surface area contributed by atoms with Crippen LogP contribution < -0.4 is 4.90 Å². The van der Waals surface area contributed by atoms with E-state index in [0.717, 1.165) is 11.1 Å². The number of anilines is 1. The van der Waals surface area contributed by atoms with Crippen LogP contribution in [0.1, 0.15) is 47.4 Å². The molecule has 5 rings (SSSR count). The number of hydrogen-bond acceptors (Lipinski definition) is 4. The summed E-state index contributed by atoms with van der Waals surface area (Å²) in [6.45, 7) is 4.49. The van der Waals surface area contributed by atoms with Crippen molar-refractivity contribution in [2.45, 2.75) is 44.2 Å².